The molecule has 17 heavy (non-hydrogen) atoms. The van der Waals surface area contributed by atoms with Crippen molar-refractivity contribution in [3.8, 4) is 0 Å². The molecular formula is C14H26N2O. The second-order valence-corrected chi connectivity index (χ2v) is 5.64. The molecule has 2 amide bonds. The molecule has 0 spiro atoms. The minimum atomic E-state index is 0.187. The van der Waals surface area contributed by atoms with Crippen LogP contribution < -0.4 is 5.32 Å². The summed E-state index contributed by atoms with van der Waals surface area (Å²) in [7, 11) is 0. The number of hydrogen-bond acceptors (Lipinski definition) is 1. The number of piperidine rings is 1. The van der Waals surface area contributed by atoms with Gasteiger partial charge in [0.25, 0.3) is 0 Å². The van der Waals surface area contributed by atoms with Crippen molar-refractivity contribution in [2.24, 2.45) is 5.92 Å². The zero-order chi connectivity index (χ0) is 12.1. The number of rotatable bonds is 2. The van der Waals surface area contributed by atoms with Crippen molar-refractivity contribution in [3.05, 3.63) is 0 Å². The van der Waals surface area contributed by atoms with E-state index in [1.807, 2.05) is 4.90 Å². The van der Waals surface area contributed by atoms with Gasteiger partial charge in [-0.15, -0.1) is 0 Å². The molecule has 1 aliphatic heterocycles. The van der Waals surface area contributed by atoms with Crippen LogP contribution in [-0.4, -0.2) is 30.1 Å². The summed E-state index contributed by atoms with van der Waals surface area (Å²) in [5.41, 5.74) is 0. The van der Waals surface area contributed by atoms with E-state index in [1.54, 1.807) is 0 Å². The summed E-state index contributed by atoms with van der Waals surface area (Å²) in [4.78, 5) is 14.1. The Bertz CT molecular complexity index is 249. The van der Waals surface area contributed by atoms with Gasteiger partial charge in [0, 0.05) is 19.1 Å². The molecule has 3 nitrogen and oxygen atoms in total. The third-order valence-corrected chi connectivity index (χ3v) is 4.33. The number of nitrogens with one attached hydrogen (secondary N) is 1. The van der Waals surface area contributed by atoms with E-state index in [0.717, 1.165) is 19.0 Å². The highest BCUT2D eigenvalue weighted by Crippen LogP contribution is 2.26. The van der Waals surface area contributed by atoms with Crippen LogP contribution in [0.5, 0.6) is 0 Å². The largest absolute Gasteiger partial charge is 0.335 e. The molecule has 1 saturated carbocycles. The molecule has 1 N–H and O–H groups in total. The Morgan fingerprint density at radius 3 is 2.65 bits per heavy atom. The number of hydrogen-bond donors (Lipinski definition) is 1. The average molecular weight is 238 g/mol. The molecule has 0 bridgehead atoms. The molecule has 2 unspecified atom stereocenters. The van der Waals surface area contributed by atoms with Gasteiger partial charge in [0.1, 0.15) is 0 Å². The van der Waals surface area contributed by atoms with Crippen molar-refractivity contribution in [2.75, 3.05) is 13.1 Å². The Hall–Kier alpha value is -0.730. The lowest BCUT2D eigenvalue weighted by Gasteiger charge is -2.33. The number of amides is 2. The Kier molecular flexibility index (Phi) is 4.69. The first-order valence-corrected chi connectivity index (χ1v) is 7.35. The zero-order valence-corrected chi connectivity index (χ0v) is 11.1. The third kappa shape index (κ3) is 3.62. The van der Waals surface area contributed by atoms with E-state index in [1.165, 1.54) is 51.4 Å². The van der Waals surface area contributed by atoms with Gasteiger partial charge in [0.15, 0.2) is 0 Å². The lowest BCUT2D eigenvalue weighted by Crippen LogP contribution is -2.48. The van der Waals surface area contributed by atoms with Crippen molar-refractivity contribution in [1.29, 1.82) is 0 Å². The first-order chi connectivity index (χ1) is 8.29. The minimum Gasteiger partial charge on any atom is -0.335 e. The van der Waals surface area contributed by atoms with Gasteiger partial charge >= 0.3 is 6.03 Å². The maximum Gasteiger partial charge on any atom is 0.317 e. The van der Waals surface area contributed by atoms with Crippen LogP contribution in [0.15, 0.2) is 0 Å². The number of carbonyl (C=O) groups excluding carboxylic acids is 1. The molecule has 98 valence electrons. The molecule has 1 heterocycles. The second-order valence-electron chi connectivity index (χ2n) is 5.64. The summed E-state index contributed by atoms with van der Waals surface area (Å²) in [6.07, 6.45) is 9.90. The molecular weight excluding hydrogens is 212 g/mol. The van der Waals surface area contributed by atoms with Gasteiger partial charge in [-0.2, -0.15) is 0 Å². The molecule has 1 saturated heterocycles. The summed E-state index contributed by atoms with van der Waals surface area (Å²) >= 11 is 0. The molecule has 0 aromatic rings. The maximum absolute atomic E-state index is 12.1. The molecule has 0 aromatic carbocycles. The highest BCUT2D eigenvalue weighted by molar-refractivity contribution is 5.74. The molecule has 2 aliphatic rings. The van der Waals surface area contributed by atoms with E-state index >= 15 is 0 Å². The van der Waals surface area contributed by atoms with Crippen LogP contribution in [0, 0.1) is 5.92 Å². The van der Waals surface area contributed by atoms with Crippen LogP contribution in [0.4, 0.5) is 4.79 Å². The summed E-state index contributed by atoms with van der Waals surface area (Å²) in [6.45, 7) is 4.17. The molecule has 2 fully saturated rings. The van der Waals surface area contributed by atoms with Crippen LogP contribution in [0.25, 0.3) is 0 Å². The standard InChI is InChI=1S/C14H26N2O/c1-2-12-7-6-8-13(11-12)15-14(17)16-9-4-3-5-10-16/h12-13H,2-11H2,1H3,(H,15,17). The summed E-state index contributed by atoms with van der Waals surface area (Å²) in [5.74, 6) is 0.829. The monoisotopic (exact) mass is 238 g/mol. The number of urea groups is 1. The summed E-state index contributed by atoms with van der Waals surface area (Å²) in [6, 6.07) is 0.620. The second kappa shape index (κ2) is 6.27. The van der Waals surface area contributed by atoms with Gasteiger partial charge in [-0.1, -0.05) is 26.2 Å². The average Bonchev–Trinajstić information content (AvgIpc) is 2.40. The van der Waals surface area contributed by atoms with E-state index < -0.39 is 0 Å². The normalized spacial score (nSPS) is 30.1. The van der Waals surface area contributed by atoms with Crippen molar-refractivity contribution in [1.82, 2.24) is 10.2 Å². The molecule has 2 rings (SSSR count). The highest BCUT2D eigenvalue weighted by atomic mass is 16.2. The molecule has 0 radical (unpaired) electrons. The Labute approximate surface area is 105 Å². The predicted molar refractivity (Wildman–Crippen MR) is 70.0 cm³/mol. The van der Waals surface area contributed by atoms with Gasteiger partial charge in [-0.05, 0) is 38.0 Å². The van der Waals surface area contributed by atoms with Crippen LogP contribution >= 0.6 is 0 Å². The molecule has 2 atom stereocenters. The smallest absolute Gasteiger partial charge is 0.317 e. The summed E-state index contributed by atoms with van der Waals surface area (Å²) in [5, 5.41) is 3.24. The zero-order valence-electron chi connectivity index (χ0n) is 11.1. The predicted octanol–water partition coefficient (Wildman–Crippen LogP) is 3.15. The van der Waals surface area contributed by atoms with Gasteiger partial charge in [0.2, 0.25) is 0 Å². The van der Waals surface area contributed by atoms with Crippen molar-refractivity contribution < 1.29 is 4.79 Å². The SMILES string of the molecule is CCC1CCCC(NC(=O)N2CCCCC2)C1. The fraction of sp³-hybridized carbons (Fsp3) is 0.929. The van der Waals surface area contributed by atoms with Crippen molar-refractivity contribution in [2.45, 2.75) is 64.3 Å². The van der Waals surface area contributed by atoms with Crippen molar-refractivity contribution >= 4 is 6.03 Å². The number of carbonyl (C=O) groups is 1. The molecule has 3 heteroatoms. The third-order valence-electron chi connectivity index (χ3n) is 4.33. The highest BCUT2D eigenvalue weighted by Gasteiger charge is 2.24. The Morgan fingerprint density at radius 1 is 1.18 bits per heavy atom. The van der Waals surface area contributed by atoms with Gasteiger partial charge in [-0.25, -0.2) is 4.79 Å². The molecule has 0 aromatic heterocycles. The van der Waals surface area contributed by atoms with Crippen LogP contribution in [0.3, 0.4) is 0 Å². The maximum atomic E-state index is 12.1. The number of likely N-dealkylation sites (tertiary alicyclic amines) is 1. The minimum absolute atomic E-state index is 0.187. The quantitative estimate of drug-likeness (QED) is 0.787. The van der Waals surface area contributed by atoms with Crippen LogP contribution in [0.2, 0.25) is 0 Å². The number of nitrogens with zero attached hydrogens (tertiary/aromatic N) is 1. The molecule has 1 aliphatic carbocycles. The lowest BCUT2D eigenvalue weighted by atomic mass is 9.84. The lowest BCUT2D eigenvalue weighted by molar-refractivity contribution is 0.175. The van der Waals surface area contributed by atoms with Crippen molar-refractivity contribution in [3.63, 3.8) is 0 Å². The Balaban J connectivity index is 1.77. The van der Waals surface area contributed by atoms with Gasteiger partial charge < -0.3 is 10.2 Å². The van der Waals surface area contributed by atoms with E-state index in [-0.39, 0.29) is 6.03 Å². The first-order valence-electron chi connectivity index (χ1n) is 7.35. The van der Waals surface area contributed by atoms with Gasteiger partial charge in [-0.3, -0.25) is 0 Å². The van der Waals surface area contributed by atoms with E-state index in [4.69, 9.17) is 0 Å². The Morgan fingerprint density at radius 2 is 1.94 bits per heavy atom. The van der Waals surface area contributed by atoms with E-state index in [0.29, 0.717) is 6.04 Å². The fourth-order valence-electron chi connectivity index (χ4n) is 3.16. The first kappa shape index (κ1) is 12.7. The fourth-order valence-corrected chi connectivity index (χ4v) is 3.16. The summed E-state index contributed by atoms with van der Waals surface area (Å²) < 4.78 is 0. The van der Waals surface area contributed by atoms with Gasteiger partial charge in [0.05, 0.1) is 0 Å². The van der Waals surface area contributed by atoms with Crippen LogP contribution in [-0.2, 0) is 0 Å². The van der Waals surface area contributed by atoms with Crippen LogP contribution in [0.1, 0.15) is 58.3 Å². The van der Waals surface area contributed by atoms with E-state index in [2.05, 4.69) is 12.2 Å². The van der Waals surface area contributed by atoms with E-state index in [9.17, 15) is 4.79 Å². The topological polar surface area (TPSA) is 32.3 Å².